The number of hydrogen-bond donors (Lipinski definition) is 1. The molecule has 0 aliphatic rings. The van der Waals surface area contributed by atoms with E-state index in [0.29, 0.717) is 0 Å². The third-order valence-electron chi connectivity index (χ3n) is 3.82. The Bertz CT molecular complexity index is 625. The number of halogens is 1. The zero-order valence-corrected chi connectivity index (χ0v) is 14.6. The molecule has 0 amide bonds. The van der Waals surface area contributed by atoms with Crippen molar-refractivity contribution in [3.63, 3.8) is 0 Å². The number of hydrogen-bond acceptors (Lipinski definition) is 2. The predicted octanol–water partition coefficient (Wildman–Crippen LogP) is 4.77. The van der Waals surface area contributed by atoms with Crippen molar-refractivity contribution >= 4 is 15.9 Å². The first kappa shape index (κ1) is 16.1. The molecule has 0 saturated carbocycles. The molecule has 1 unspecified atom stereocenters. The van der Waals surface area contributed by atoms with Crippen LogP contribution < -0.4 is 10.1 Å². The molecule has 1 N–H and O–H groups in total. The Balaban J connectivity index is 2.51. The fraction of sp³-hybridized carbons (Fsp3) is 0.333. The van der Waals surface area contributed by atoms with E-state index >= 15 is 0 Å². The van der Waals surface area contributed by atoms with E-state index in [-0.39, 0.29) is 6.04 Å². The molecule has 0 aromatic heterocycles. The Hall–Kier alpha value is -1.32. The molecule has 0 fully saturated rings. The second-order valence-electron chi connectivity index (χ2n) is 5.17. The first-order chi connectivity index (χ1) is 10.1. The summed E-state index contributed by atoms with van der Waals surface area (Å²) in [7, 11) is 1.70. The van der Waals surface area contributed by atoms with Crippen LogP contribution in [0.3, 0.4) is 0 Å². The van der Waals surface area contributed by atoms with Gasteiger partial charge in [0.2, 0.25) is 0 Å². The third kappa shape index (κ3) is 3.47. The highest BCUT2D eigenvalue weighted by atomic mass is 79.9. The van der Waals surface area contributed by atoms with Crippen LogP contribution in [0.25, 0.3) is 0 Å². The lowest BCUT2D eigenvalue weighted by atomic mass is 9.92. The molecule has 0 aliphatic heterocycles. The monoisotopic (exact) mass is 347 g/mol. The van der Waals surface area contributed by atoms with Crippen molar-refractivity contribution in [2.24, 2.45) is 0 Å². The molecule has 2 nitrogen and oxygen atoms in total. The number of ether oxygens (including phenoxy) is 1. The van der Waals surface area contributed by atoms with Gasteiger partial charge in [0, 0.05) is 4.47 Å². The Morgan fingerprint density at radius 1 is 1.14 bits per heavy atom. The number of methoxy groups -OCH3 is 1. The van der Waals surface area contributed by atoms with Gasteiger partial charge in [-0.2, -0.15) is 0 Å². The van der Waals surface area contributed by atoms with E-state index in [1.165, 1.54) is 22.3 Å². The van der Waals surface area contributed by atoms with Crippen molar-refractivity contribution in [1.82, 2.24) is 5.32 Å². The summed E-state index contributed by atoms with van der Waals surface area (Å²) >= 11 is 3.63. The molecule has 2 aromatic rings. The summed E-state index contributed by atoms with van der Waals surface area (Å²) in [6, 6.07) is 12.8. The Labute approximate surface area is 135 Å². The van der Waals surface area contributed by atoms with E-state index in [0.717, 1.165) is 16.8 Å². The Morgan fingerprint density at radius 3 is 2.52 bits per heavy atom. The normalized spacial score (nSPS) is 12.2. The minimum Gasteiger partial charge on any atom is -0.497 e. The molecule has 0 aliphatic carbocycles. The molecule has 2 rings (SSSR count). The Kier molecular flexibility index (Phi) is 5.43. The fourth-order valence-corrected chi connectivity index (χ4v) is 3.01. The lowest BCUT2D eigenvalue weighted by molar-refractivity contribution is 0.414. The average Bonchev–Trinajstić information content (AvgIpc) is 2.48. The van der Waals surface area contributed by atoms with Gasteiger partial charge in [0.25, 0.3) is 0 Å². The lowest BCUT2D eigenvalue weighted by Crippen LogP contribution is -2.23. The highest BCUT2D eigenvalue weighted by molar-refractivity contribution is 9.10. The molecule has 3 heteroatoms. The molecule has 21 heavy (non-hydrogen) atoms. The van der Waals surface area contributed by atoms with Crippen LogP contribution in [0.15, 0.2) is 40.9 Å². The van der Waals surface area contributed by atoms with E-state index in [4.69, 9.17) is 4.74 Å². The summed E-state index contributed by atoms with van der Waals surface area (Å²) in [4.78, 5) is 0. The first-order valence-electron chi connectivity index (χ1n) is 7.21. The largest absolute Gasteiger partial charge is 0.497 e. The summed E-state index contributed by atoms with van der Waals surface area (Å²) < 4.78 is 6.46. The van der Waals surface area contributed by atoms with Crippen LogP contribution in [0.2, 0.25) is 0 Å². The molecular formula is C18H22BrNO. The maximum Gasteiger partial charge on any atom is 0.119 e. The molecule has 0 saturated heterocycles. The minimum absolute atomic E-state index is 0.193. The van der Waals surface area contributed by atoms with Crippen LogP contribution in [0, 0.1) is 13.8 Å². The zero-order valence-electron chi connectivity index (χ0n) is 13.0. The smallest absolute Gasteiger partial charge is 0.119 e. The maximum atomic E-state index is 5.31. The van der Waals surface area contributed by atoms with Gasteiger partial charge in [-0.15, -0.1) is 0 Å². The van der Waals surface area contributed by atoms with Crippen molar-refractivity contribution < 1.29 is 4.74 Å². The molecule has 2 aromatic carbocycles. The molecule has 0 bridgehead atoms. The standard InChI is InChI=1S/C18H22BrNO/c1-5-20-18(16-7-6-8-17(19)13(16)3)15-10-9-14(21-4)11-12(15)2/h6-11,18,20H,5H2,1-4H3. The van der Waals surface area contributed by atoms with Crippen LogP contribution in [0.4, 0.5) is 0 Å². The average molecular weight is 348 g/mol. The molecule has 0 heterocycles. The SMILES string of the molecule is CCNC(c1ccc(OC)cc1C)c1cccc(Br)c1C. The number of rotatable bonds is 5. The molecule has 0 spiro atoms. The second-order valence-corrected chi connectivity index (χ2v) is 6.02. The quantitative estimate of drug-likeness (QED) is 0.840. The molecular weight excluding hydrogens is 326 g/mol. The summed E-state index contributed by atoms with van der Waals surface area (Å²) in [5.41, 5.74) is 5.11. The van der Waals surface area contributed by atoms with Gasteiger partial charge in [0.15, 0.2) is 0 Å². The maximum absolute atomic E-state index is 5.31. The first-order valence-corrected chi connectivity index (χ1v) is 8.00. The minimum atomic E-state index is 0.193. The van der Waals surface area contributed by atoms with Crippen molar-refractivity contribution in [1.29, 1.82) is 0 Å². The van der Waals surface area contributed by atoms with Crippen molar-refractivity contribution in [2.45, 2.75) is 26.8 Å². The van der Waals surface area contributed by atoms with Crippen LogP contribution in [0.5, 0.6) is 5.75 Å². The Morgan fingerprint density at radius 2 is 1.90 bits per heavy atom. The van der Waals surface area contributed by atoms with Crippen LogP contribution in [-0.2, 0) is 0 Å². The number of benzene rings is 2. The third-order valence-corrected chi connectivity index (χ3v) is 4.68. The summed E-state index contributed by atoms with van der Waals surface area (Å²) in [5, 5.41) is 3.60. The topological polar surface area (TPSA) is 21.3 Å². The van der Waals surface area contributed by atoms with E-state index in [2.05, 4.69) is 72.3 Å². The number of aryl methyl sites for hydroxylation is 1. The van der Waals surface area contributed by atoms with Crippen molar-refractivity contribution in [3.05, 3.63) is 63.1 Å². The molecule has 1 atom stereocenters. The lowest BCUT2D eigenvalue weighted by Gasteiger charge is -2.23. The van der Waals surface area contributed by atoms with E-state index < -0.39 is 0 Å². The van der Waals surface area contributed by atoms with E-state index in [1.807, 2.05) is 6.07 Å². The predicted molar refractivity (Wildman–Crippen MR) is 92.1 cm³/mol. The van der Waals surface area contributed by atoms with Gasteiger partial charge in [0.1, 0.15) is 5.75 Å². The molecule has 112 valence electrons. The van der Waals surface area contributed by atoms with Gasteiger partial charge < -0.3 is 10.1 Å². The van der Waals surface area contributed by atoms with Gasteiger partial charge in [-0.25, -0.2) is 0 Å². The zero-order chi connectivity index (χ0) is 15.4. The highest BCUT2D eigenvalue weighted by Gasteiger charge is 2.18. The summed E-state index contributed by atoms with van der Waals surface area (Å²) in [5.74, 6) is 0.900. The summed E-state index contributed by atoms with van der Waals surface area (Å²) in [6.45, 7) is 7.35. The van der Waals surface area contributed by atoms with Crippen LogP contribution >= 0.6 is 15.9 Å². The van der Waals surface area contributed by atoms with E-state index in [1.54, 1.807) is 7.11 Å². The number of nitrogens with one attached hydrogen (secondary N) is 1. The van der Waals surface area contributed by atoms with Crippen molar-refractivity contribution in [3.8, 4) is 5.75 Å². The summed E-state index contributed by atoms with van der Waals surface area (Å²) in [6.07, 6.45) is 0. The van der Waals surface area contributed by atoms with Gasteiger partial charge in [0.05, 0.1) is 13.2 Å². The van der Waals surface area contributed by atoms with Gasteiger partial charge in [-0.1, -0.05) is 41.1 Å². The van der Waals surface area contributed by atoms with E-state index in [9.17, 15) is 0 Å². The van der Waals surface area contributed by atoms with Crippen LogP contribution in [-0.4, -0.2) is 13.7 Å². The van der Waals surface area contributed by atoms with Gasteiger partial charge >= 0.3 is 0 Å². The fourth-order valence-electron chi connectivity index (χ4n) is 2.63. The highest BCUT2D eigenvalue weighted by Crippen LogP contribution is 2.31. The van der Waals surface area contributed by atoms with Crippen molar-refractivity contribution in [2.75, 3.05) is 13.7 Å². The molecule has 0 radical (unpaired) electrons. The van der Waals surface area contributed by atoms with Gasteiger partial charge in [-0.3, -0.25) is 0 Å². The second kappa shape index (κ2) is 7.10. The van der Waals surface area contributed by atoms with Crippen LogP contribution in [0.1, 0.15) is 35.2 Å². The van der Waals surface area contributed by atoms with Gasteiger partial charge in [-0.05, 0) is 60.8 Å².